The molecule has 3 aromatic rings. The van der Waals surface area contributed by atoms with Crippen molar-refractivity contribution >= 4 is 33.4 Å². The largest absolute Gasteiger partial charge is 0.452 e. The van der Waals surface area contributed by atoms with Gasteiger partial charge in [-0.15, -0.1) is 0 Å². The van der Waals surface area contributed by atoms with Gasteiger partial charge in [0.25, 0.3) is 5.91 Å². The maximum atomic E-state index is 12.6. The van der Waals surface area contributed by atoms with Gasteiger partial charge in [0.1, 0.15) is 0 Å². The summed E-state index contributed by atoms with van der Waals surface area (Å²) in [6, 6.07) is 20.8. The van der Waals surface area contributed by atoms with E-state index in [9.17, 15) is 22.8 Å². The smallest absolute Gasteiger partial charge is 0.338 e. The maximum Gasteiger partial charge on any atom is 0.338 e. The molecule has 3 rings (SSSR count). The normalized spacial score (nSPS) is 10.9. The molecule has 0 saturated carbocycles. The number of nitrogens with one attached hydrogen (secondary N) is 2. The molecular formula is C24H22N2O6S. The first-order valence-electron chi connectivity index (χ1n) is 9.97. The average Bonchev–Trinajstić information content (AvgIpc) is 2.82. The number of carbonyl (C=O) groups is 3. The molecule has 33 heavy (non-hydrogen) atoms. The van der Waals surface area contributed by atoms with Crippen molar-refractivity contribution < 1.29 is 27.5 Å². The lowest BCUT2D eigenvalue weighted by molar-refractivity contribution is -0.119. The van der Waals surface area contributed by atoms with Crippen LogP contribution in [-0.4, -0.2) is 32.7 Å². The van der Waals surface area contributed by atoms with Crippen LogP contribution in [0.3, 0.4) is 0 Å². The van der Waals surface area contributed by atoms with Gasteiger partial charge in [0.15, 0.2) is 12.4 Å². The third kappa shape index (κ3) is 6.58. The Morgan fingerprint density at radius 3 is 2.30 bits per heavy atom. The zero-order valence-electron chi connectivity index (χ0n) is 17.8. The Balaban J connectivity index is 1.61. The molecule has 0 aromatic heterocycles. The highest BCUT2D eigenvalue weighted by Gasteiger charge is 2.18. The summed E-state index contributed by atoms with van der Waals surface area (Å²) in [5.74, 6) is -1.71. The predicted octanol–water partition coefficient (Wildman–Crippen LogP) is 3.16. The highest BCUT2D eigenvalue weighted by Crippen LogP contribution is 2.16. The van der Waals surface area contributed by atoms with Crippen LogP contribution < -0.4 is 10.0 Å². The van der Waals surface area contributed by atoms with E-state index in [4.69, 9.17) is 4.74 Å². The van der Waals surface area contributed by atoms with E-state index in [0.29, 0.717) is 11.3 Å². The van der Waals surface area contributed by atoms with Crippen molar-refractivity contribution in [2.75, 3.05) is 11.9 Å². The van der Waals surface area contributed by atoms with Gasteiger partial charge >= 0.3 is 5.97 Å². The molecule has 0 spiro atoms. The molecule has 0 radical (unpaired) electrons. The third-order valence-electron chi connectivity index (χ3n) is 4.60. The van der Waals surface area contributed by atoms with Gasteiger partial charge < -0.3 is 10.1 Å². The lowest BCUT2D eigenvalue weighted by Crippen LogP contribution is -2.24. The number of ether oxygens (including phenoxy) is 1. The molecule has 170 valence electrons. The fourth-order valence-electron chi connectivity index (χ4n) is 2.95. The molecule has 0 bridgehead atoms. The van der Waals surface area contributed by atoms with Crippen LogP contribution in [0.15, 0.2) is 83.8 Å². The van der Waals surface area contributed by atoms with Crippen LogP contribution in [0.4, 0.5) is 5.69 Å². The van der Waals surface area contributed by atoms with Crippen LogP contribution in [0, 0.1) is 0 Å². The van der Waals surface area contributed by atoms with Crippen molar-refractivity contribution in [2.24, 2.45) is 0 Å². The van der Waals surface area contributed by atoms with Crippen LogP contribution in [0.1, 0.15) is 33.2 Å². The van der Waals surface area contributed by atoms with E-state index in [1.165, 1.54) is 31.2 Å². The van der Waals surface area contributed by atoms with Gasteiger partial charge in [-0.3, -0.25) is 9.59 Å². The Bertz CT molecular complexity index is 1270. The quantitative estimate of drug-likeness (QED) is 0.369. The van der Waals surface area contributed by atoms with Crippen molar-refractivity contribution in [1.29, 1.82) is 0 Å². The Labute approximate surface area is 191 Å². The second-order valence-electron chi connectivity index (χ2n) is 7.06. The van der Waals surface area contributed by atoms with Crippen molar-refractivity contribution in [3.63, 3.8) is 0 Å². The monoisotopic (exact) mass is 466 g/mol. The van der Waals surface area contributed by atoms with Gasteiger partial charge in [-0.25, -0.2) is 17.9 Å². The van der Waals surface area contributed by atoms with E-state index in [2.05, 4.69) is 10.0 Å². The summed E-state index contributed by atoms with van der Waals surface area (Å²) in [6.45, 7) is 0.870. The molecule has 0 aliphatic heterocycles. The molecule has 0 aliphatic carbocycles. The Hall–Kier alpha value is -3.82. The number of rotatable bonds is 9. The van der Waals surface area contributed by atoms with Crippen molar-refractivity contribution in [1.82, 2.24) is 4.72 Å². The van der Waals surface area contributed by atoms with Gasteiger partial charge in [-0.2, -0.15) is 0 Å². The average molecular weight is 467 g/mol. The lowest BCUT2D eigenvalue weighted by atomic mass is 10.1. The van der Waals surface area contributed by atoms with Crippen LogP contribution >= 0.6 is 0 Å². The second-order valence-corrected chi connectivity index (χ2v) is 8.83. The number of para-hydroxylation sites is 1. The zero-order chi connectivity index (χ0) is 23.8. The minimum absolute atomic E-state index is 0.0190. The van der Waals surface area contributed by atoms with Gasteiger partial charge in [0.2, 0.25) is 10.0 Å². The molecule has 8 nitrogen and oxygen atoms in total. The third-order valence-corrected chi connectivity index (χ3v) is 6.00. The molecule has 9 heteroatoms. The molecular weight excluding hydrogens is 444 g/mol. The van der Waals surface area contributed by atoms with Gasteiger partial charge in [-0.05, 0) is 42.8 Å². The van der Waals surface area contributed by atoms with E-state index < -0.39 is 28.5 Å². The number of hydrogen-bond acceptors (Lipinski definition) is 6. The number of Topliss-reactive ketones (excluding diaryl/α,β-unsaturated/α-hetero) is 1. The number of esters is 1. The summed E-state index contributed by atoms with van der Waals surface area (Å²) in [4.78, 5) is 36.1. The summed E-state index contributed by atoms with van der Waals surface area (Å²) in [5, 5.41) is 2.52. The topological polar surface area (TPSA) is 119 Å². The molecule has 0 atom stereocenters. The van der Waals surface area contributed by atoms with E-state index in [-0.39, 0.29) is 22.8 Å². The van der Waals surface area contributed by atoms with Crippen LogP contribution in [0.5, 0.6) is 0 Å². The number of amides is 1. The Morgan fingerprint density at radius 2 is 1.58 bits per heavy atom. The van der Waals surface area contributed by atoms with E-state index >= 15 is 0 Å². The summed E-state index contributed by atoms with van der Waals surface area (Å²) in [7, 11) is -3.87. The first-order valence-corrected chi connectivity index (χ1v) is 11.4. The minimum atomic E-state index is -3.87. The second kappa shape index (κ2) is 10.7. The van der Waals surface area contributed by atoms with Gasteiger partial charge in [0, 0.05) is 12.1 Å². The SMILES string of the molecule is CC(=O)c1ccccc1NC(=O)COC(=O)c1cccc(S(=O)(=O)NCc2ccccc2)c1. The predicted molar refractivity (Wildman–Crippen MR) is 122 cm³/mol. The molecule has 0 fully saturated rings. The first-order chi connectivity index (χ1) is 15.8. The number of anilines is 1. The highest BCUT2D eigenvalue weighted by atomic mass is 32.2. The standard InChI is InChI=1S/C24H22N2O6S/c1-17(27)21-12-5-6-13-22(21)26-23(28)16-32-24(29)19-10-7-11-20(14-19)33(30,31)25-15-18-8-3-2-4-9-18/h2-14,25H,15-16H2,1H3,(H,26,28). The summed E-state index contributed by atoms with van der Waals surface area (Å²) < 4.78 is 32.6. The fraction of sp³-hybridized carbons (Fsp3) is 0.125. The zero-order valence-corrected chi connectivity index (χ0v) is 18.6. The number of hydrogen-bond donors (Lipinski definition) is 2. The van der Waals surface area contributed by atoms with Crippen molar-refractivity contribution in [2.45, 2.75) is 18.4 Å². The van der Waals surface area contributed by atoms with Crippen LogP contribution in [0.25, 0.3) is 0 Å². The van der Waals surface area contributed by atoms with Crippen LogP contribution in [-0.2, 0) is 26.1 Å². The highest BCUT2D eigenvalue weighted by molar-refractivity contribution is 7.89. The first kappa shape index (κ1) is 23.8. The molecule has 3 aromatic carbocycles. The molecule has 0 heterocycles. The molecule has 1 amide bonds. The maximum absolute atomic E-state index is 12.6. The Morgan fingerprint density at radius 1 is 0.879 bits per heavy atom. The summed E-state index contributed by atoms with van der Waals surface area (Å²) in [6.07, 6.45) is 0. The number of carbonyl (C=O) groups excluding carboxylic acids is 3. The number of sulfonamides is 1. The van der Waals surface area contributed by atoms with E-state index in [0.717, 1.165) is 5.56 Å². The minimum Gasteiger partial charge on any atom is -0.452 e. The molecule has 0 aliphatic rings. The van der Waals surface area contributed by atoms with Crippen molar-refractivity contribution in [3.05, 3.63) is 95.6 Å². The fourth-order valence-corrected chi connectivity index (χ4v) is 4.01. The van der Waals surface area contributed by atoms with Crippen molar-refractivity contribution in [3.8, 4) is 0 Å². The number of ketones is 1. The summed E-state index contributed by atoms with van der Waals surface area (Å²) >= 11 is 0. The number of benzene rings is 3. The molecule has 0 saturated heterocycles. The van der Waals surface area contributed by atoms with Gasteiger partial charge in [0.05, 0.1) is 16.1 Å². The summed E-state index contributed by atoms with van der Waals surface area (Å²) in [5.41, 5.74) is 1.41. The lowest BCUT2D eigenvalue weighted by Gasteiger charge is -2.10. The Kier molecular flexibility index (Phi) is 7.70. The van der Waals surface area contributed by atoms with Crippen LogP contribution in [0.2, 0.25) is 0 Å². The molecule has 0 unspecified atom stereocenters. The van der Waals surface area contributed by atoms with Gasteiger partial charge in [-0.1, -0.05) is 48.5 Å². The molecule has 2 N–H and O–H groups in total. The van der Waals surface area contributed by atoms with E-state index in [1.54, 1.807) is 48.5 Å². The van der Waals surface area contributed by atoms with E-state index in [1.807, 2.05) is 6.07 Å².